The van der Waals surface area contributed by atoms with Gasteiger partial charge in [0.25, 0.3) is 0 Å². The van der Waals surface area contributed by atoms with Crippen LogP contribution in [0.2, 0.25) is 0 Å². The first-order valence-electron chi connectivity index (χ1n) is 10.7. The van der Waals surface area contributed by atoms with Crippen LogP contribution in [0.15, 0.2) is 78.9 Å². The van der Waals surface area contributed by atoms with Gasteiger partial charge < -0.3 is 19.7 Å². The molecule has 1 aliphatic rings. The van der Waals surface area contributed by atoms with Gasteiger partial charge in [-0.15, -0.1) is 0 Å². The van der Waals surface area contributed by atoms with Crippen molar-refractivity contribution in [1.29, 1.82) is 0 Å². The van der Waals surface area contributed by atoms with Gasteiger partial charge in [-0.2, -0.15) is 0 Å². The number of rotatable bonds is 4. The zero-order chi connectivity index (χ0) is 21.9. The van der Waals surface area contributed by atoms with Crippen molar-refractivity contribution in [3.05, 3.63) is 90.2 Å². The normalized spacial score (nSPS) is 14.0. The van der Waals surface area contributed by atoms with Crippen LogP contribution >= 0.6 is 0 Å². The Balaban J connectivity index is 1.32. The predicted octanol–water partition coefficient (Wildman–Crippen LogP) is 4.58. The molecule has 1 N–H and O–H groups in total. The van der Waals surface area contributed by atoms with Crippen molar-refractivity contribution in [3.63, 3.8) is 0 Å². The molecule has 4 aromatic rings. The number of hydrogen-bond acceptors (Lipinski definition) is 3. The number of fused-ring (bicyclic) bond motifs is 1. The second kappa shape index (κ2) is 8.70. The molecule has 1 saturated heterocycles. The highest BCUT2D eigenvalue weighted by molar-refractivity contribution is 5.89. The molecular formula is C25H24FN5O. The first-order valence-corrected chi connectivity index (χ1v) is 10.7. The first kappa shape index (κ1) is 20.1. The number of anilines is 2. The highest BCUT2D eigenvalue weighted by atomic mass is 19.1. The molecule has 0 unspecified atom stereocenters. The SMILES string of the molecule is O=C(Nc1ccc(F)cc1)N1CCN(c2nc3ccccc3n2Cc2ccccc2)CC1. The van der Waals surface area contributed by atoms with Crippen molar-refractivity contribution in [1.82, 2.24) is 14.5 Å². The van der Waals surface area contributed by atoms with Crippen molar-refractivity contribution in [3.8, 4) is 0 Å². The lowest BCUT2D eigenvalue weighted by atomic mass is 10.2. The molecule has 162 valence electrons. The minimum absolute atomic E-state index is 0.172. The van der Waals surface area contributed by atoms with Crippen LogP contribution in [0.3, 0.4) is 0 Å². The average molecular weight is 429 g/mol. The Morgan fingerprint density at radius 1 is 0.875 bits per heavy atom. The lowest BCUT2D eigenvalue weighted by Crippen LogP contribution is -2.50. The number of imidazole rings is 1. The maximum Gasteiger partial charge on any atom is 0.321 e. The van der Waals surface area contributed by atoms with Crippen molar-refractivity contribution in [2.24, 2.45) is 0 Å². The number of benzene rings is 3. The second-order valence-electron chi connectivity index (χ2n) is 7.88. The molecule has 7 heteroatoms. The van der Waals surface area contributed by atoms with E-state index in [4.69, 9.17) is 4.98 Å². The van der Waals surface area contributed by atoms with Crippen molar-refractivity contribution >= 4 is 28.7 Å². The van der Waals surface area contributed by atoms with Gasteiger partial charge in [-0.25, -0.2) is 14.2 Å². The number of carbonyl (C=O) groups is 1. The van der Waals surface area contributed by atoms with Gasteiger partial charge in [0.05, 0.1) is 17.6 Å². The number of para-hydroxylation sites is 2. The average Bonchev–Trinajstić information content (AvgIpc) is 3.20. The molecule has 1 aliphatic heterocycles. The number of piperazine rings is 1. The zero-order valence-corrected chi connectivity index (χ0v) is 17.6. The van der Waals surface area contributed by atoms with Crippen molar-refractivity contribution in [2.45, 2.75) is 6.54 Å². The number of carbonyl (C=O) groups excluding carboxylic acids is 1. The lowest BCUT2D eigenvalue weighted by Gasteiger charge is -2.35. The summed E-state index contributed by atoms with van der Waals surface area (Å²) in [6.45, 7) is 3.29. The zero-order valence-electron chi connectivity index (χ0n) is 17.6. The maximum absolute atomic E-state index is 13.1. The van der Waals surface area contributed by atoms with E-state index in [1.54, 1.807) is 17.0 Å². The van der Waals surface area contributed by atoms with E-state index in [2.05, 4.69) is 33.0 Å². The largest absolute Gasteiger partial charge is 0.339 e. The highest BCUT2D eigenvalue weighted by Gasteiger charge is 2.25. The van der Waals surface area contributed by atoms with Gasteiger partial charge in [0, 0.05) is 31.9 Å². The Bertz CT molecular complexity index is 1210. The van der Waals surface area contributed by atoms with Crippen LogP contribution in [0.1, 0.15) is 5.56 Å². The van der Waals surface area contributed by atoms with Crippen LogP contribution in [-0.4, -0.2) is 46.7 Å². The Hall–Kier alpha value is -3.87. The van der Waals surface area contributed by atoms with Gasteiger partial charge in [0.1, 0.15) is 5.82 Å². The molecule has 3 aromatic carbocycles. The summed E-state index contributed by atoms with van der Waals surface area (Å²) >= 11 is 0. The van der Waals surface area contributed by atoms with Crippen LogP contribution in [0.4, 0.5) is 20.8 Å². The summed E-state index contributed by atoms with van der Waals surface area (Å²) in [4.78, 5) is 21.6. The topological polar surface area (TPSA) is 53.4 Å². The number of amides is 2. The predicted molar refractivity (Wildman–Crippen MR) is 124 cm³/mol. The van der Waals surface area contributed by atoms with Gasteiger partial charge in [-0.3, -0.25) is 0 Å². The van der Waals surface area contributed by atoms with Crippen LogP contribution in [0, 0.1) is 5.82 Å². The number of hydrogen-bond donors (Lipinski definition) is 1. The number of aromatic nitrogens is 2. The first-order chi connectivity index (χ1) is 15.7. The summed E-state index contributed by atoms with van der Waals surface area (Å²) in [6.07, 6.45) is 0. The number of nitrogens with one attached hydrogen (secondary N) is 1. The summed E-state index contributed by atoms with van der Waals surface area (Å²) in [5, 5.41) is 2.84. The Morgan fingerprint density at radius 3 is 2.31 bits per heavy atom. The fraction of sp³-hybridized carbons (Fsp3) is 0.200. The molecule has 0 radical (unpaired) electrons. The van der Waals surface area contributed by atoms with Crippen LogP contribution in [0.5, 0.6) is 0 Å². The Labute approximate surface area is 185 Å². The third kappa shape index (κ3) is 4.14. The van der Waals surface area contributed by atoms with E-state index in [1.807, 2.05) is 36.4 Å². The number of nitrogens with zero attached hydrogens (tertiary/aromatic N) is 4. The van der Waals surface area contributed by atoms with E-state index in [1.165, 1.54) is 17.7 Å². The summed E-state index contributed by atoms with van der Waals surface area (Å²) in [6, 6.07) is 24.2. The van der Waals surface area contributed by atoms with Gasteiger partial charge in [-0.05, 0) is 42.0 Å². The molecule has 2 amide bonds. The van der Waals surface area contributed by atoms with Crippen LogP contribution in [0.25, 0.3) is 11.0 Å². The van der Waals surface area contributed by atoms with E-state index < -0.39 is 0 Å². The lowest BCUT2D eigenvalue weighted by molar-refractivity contribution is 0.208. The molecule has 1 fully saturated rings. The van der Waals surface area contributed by atoms with E-state index in [-0.39, 0.29) is 11.8 Å². The van der Waals surface area contributed by atoms with Crippen molar-refractivity contribution in [2.75, 3.05) is 36.4 Å². The summed E-state index contributed by atoms with van der Waals surface area (Å²) < 4.78 is 15.3. The van der Waals surface area contributed by atoms with Crippen LogP contribution < -0.4 is 10.2 Å². The third-order valence-electron chi connectivity index (χ3n) is 5.76. The van der Waals surface area contributed by atoms with E-state index in [9.17, 15) is 9.18 Å². The standard InChI is InChI=1S/C25H24FN5O/c26-20-10-12-21(13-11-20)27-25(32)30-16-14-29(15-17-30)24-28-22-8-4-5-9-23(22)31(24)18-19-6-2-1-3-7-19/h1-13H,14-18H2,(H,27,32). The molecule has 0 spiro atoms. The molecule has 0 atom stereocenters. The van der Waals surface area contributed by atoms with Crippen LogP contribution in [-0.2, 0) is 6.54 Å². The molecular weight excluding hydrogens is 405 g/mol. The van der Waals surface area contributed by atoms with E-state index in [0.29, 0.717) is 31.9 Å². The second-order valence-corrected chi connectivity index (χ2v) is 7.88. The number of urea groups is 1. The van der Waals surface area contributed by atoms with Gasteiger partial charge in [0.15, 0.2) is 0 Å². The Morgan fingerprint density at radius 2 is 1.56 bits per heavy atom. The summed E-state index contributed by atoms with van der Waals surface area (Å²) in [5.41, 5.74) is 3.87. The smallest absolute Gasteiger partial charge is 0.321 e. The molecule has 5 rings (SSSR count). The molecule has 2 heterocycles. The minimum Gasteiger partial charge on any atom is -0.339 e. The fourth-order valence-electron chi connectivity index (χ4n) is 4.07. The van der Waals surface area contributed by atoms with Gasteiger partial charge in [0.2, 0.25) is 5.95 Å². The third-order valence-corrected chi connectivity index (χ3v) is 5.76. The summed E-state index contributed by atoms with van der Waals surface area (Å²) in [7, 11) is 0. The fourth-order valence-corrected chi connectivity index (χ4v) is 4.07. The monoisotopic (exact) mass is 429 g/mol. The molecule has 0 saturated carbocycles. The van der Waals surface area contributed by atoms with E-state index >= 15 is 0 Å². The Kier molecular flexibility index (Phi) is 5.46. The quantitative estimate of drug-likeness (QED) is 0.517. The van der Waals surface area contributed by atoms with Gasteiger partial charge >= 0.3 is 6.03 Å². The maximum atomic E-state index is 13.1. The van der Waals surface area contributed by atoms with Crippen molar-refractivity contribution < 1.29 is 9.18 Å². The number of halogens is 1. The highest BCUT2D eigenvalue weighted by Crippen LogP contribution is 2.25. The molecule has 6 nitrogen and oxygen atoms in total. The molecule has 0 aliphatic carbocycles. The molecule has 32 heavy (non-hydrogen) atoms. The minimum atomic E-state index is -0.324. The summed E-state index contributed by atoms with van der Waals surface area (Å²) in [5.74, 6) is 0.601. The van der Waals surface area contributed by atoms with E-state index in [0.717, 1.165) is 23.5 Å². The van der Waals surface area contributed by atoms with Gasteiger partial charge in [-0.1, -0.05) is 42.5 Å². The molecule has 1 aromatic heterocycles. The molecule has 0 bridgehead atoms.